The molecule has 1 N–H and O–H groups in total. The van der Waals surface area contributed by atoms with Crippen LogP contribution in [0.1, 0.15) is 12.5 Å². The summed E-state index contributed by atoms with van der Waals surface area (Å²) >= 11 is 0. The molecule has 0 aliphatic heterocycles. The van der Waals surface area contributed by atoms with Crippen molar-refractivity contribution in [1.29, 1.82) is 5.26 Å². The summed E-state index contributed by atoms with van der Waals surface area (Å²) in [6, 6.07) is 14.2. The SMILES string of the molecule is COCCNC(=O)/C(C#N)=C(\C)c1ccc2cc(N(C)C)ccc2c1. The summed E-state index contributed by atoms with van der Waals surface area (Å²) in [6.45, 7) is 2.58. The Morgan fingerprint density at radius 1 is 1.20 bits per heavy atom. The van der Waals surface area contributed by atoms with E-state index in [-0.39, 0.29) is 11.5 Å². The lowest BCUT2D eigenvalue weighted by Gasteiger charge is -2.14. The number of ether oxygens (including phenoxy) is 1. The number of hydrogen-bond acceptors (Lipinski definition) is 4. The summed E-state index contributed by atoms with van der Waals surface area (Å²) in [6.07, 6.45) is 0. The highest BCUT2D eigenvalue weighted by atomic mass is 16.5. The highest BCUT2D eigenvalue weighted by Gasteiger charge is 2.13. The Bertz CT molecular complexity index is 848. The maximum Gasteiger partial charge on any atom is 0.262 e. The Labute approximate surface area is 148 Å². The van der Waals surface area contributed by atoms with Gasteiger partial charge < -0.3 is 15.0 Å². The number of carbonyl (C=O) groups is 1. The minimum atomic E-state index is -0.375. The molecule has 0 aromatic heterocycles. The molecule has 25 heavy (non-hydrogen) atoms. The van der Waals surface area contributed by atoms with Crippen molar-refractivity contribution in [3.63, 3.8) is 0 Å². The van der Waals surface area contributed by atoms with E-state index >= 15 is 0 Å². The number of benzene rings is 2. The molecule has 0 fully saturated rings. The number of rotatable bonds is 6. The van der Waals surface area contributed by atoms with Gasteiger partial charge in [0.05, 0.1) is 6.61 Å². The number of allylic oxidation sites excluding steroid dienone is 1. The first-order valence-electron chi connectivity index (χ1n) is 8.07. The number of carbonyl (C=O) groups excluding carboxylic acids is 1. The van der Waals surface area contributed by atoms with Gasteiger partial charge in [0.15, 0.2) is 0 Å². The first kappa shape index (κ1) is 18.5. The molecule has 0 unspecified atom stereocenters. The van der Waals surface area contributed by atoms with Crippen molar-refractivity contribution in [1.82, 2.24) is 5.32 Å². The van der Waals surface area contributed by atoms with Crippen LogP contribution >= 0.6 is 0 Å². The summed E-state index contributed by atoms with van der Waals surface area (Å²) in [5.74, 6) is -0.375. The lowest BCUT2D eigenvalue weighted by atomic mass is 9.98. The van der Waals surface area contributed by atoms with Gasteiger partial charge >= 0.3 is 0 Å². The second kappa shape index (κ2) is 8.32. The monoisotopic (exact) mass is 337 g/mol. The van der Waals surface area contributed by atoms with Crippen LogP contribution in [0.15, 0.2) is 42.0 Å². The van der Waals surface area contributed by atoms with Gasteiger partial charge in [-0.1, -0.05) is 18.2 Å². The largest absolute Gasteiger partial charge is 0.383 e. The molecule has 0 bridgehead atoms. The molecule has 5 heteroatoms. The molecular formula is C20H23N3O2. The lowest BCUT2D eigenvalue weighted by Crippen LogP contribution is -2.28. The summed E-state index contributed by atoms with van der Waals surface area (Å²) < 4.78 is 4.91. The fourth-order valence-corrected chi connectivity index (χ4v) is 2.55. The van der Waals surface area contributed by atoms with E-state index in [4.69, 9.17) is 4.74 Å². The van der Waals surface area contributed by atoms with Crippen molar-refractivity contribution >= 4 is 27.9 Å². The minimum Gasteiger partial charge on any atom is -0.383 e. The number of anilines is 1. The normalized spacial score (nSPS) is 11.6. The molecule has 2 rings (SSSR count). The minimum absolute atomic E-state index is 0.125. The second-order valence-corrected chi connectivity index (χ2v) is 6.00. The van der Waals surface area contributed by atoms with Crippen LogP contribution in [-0.4, -0.2) is 40.3 Å². The number of methoxy groups -OCH3 is 1. The van der Waals surface area contributed by atoms with Gasteiger partial charge in [-0.15, -0.1) is 0 Å². The molecule has 0 heterocycles. The van der Waals surface area contributed by atoms with Crippen LogP contribution in [0.3, 0.4) is 0 Å². The summed E-state index contributed by atoms with van der Waals surface area (Å²) in [4.78, 5) is 14.2. The highest BCUT2D eigenvalue weighted by Crippen LogP contribution is 2.26. The van der Waals surface area contributed by atoms with Gasteiger partial charge in [-0.25, -0.2) is 0 Å². The molecule has 2 aromatic carbocycles. The van der Waals surface area contributed by atoms with Gasteiger partial charge in [-0.3, -0.25) is 4.79 Å². The second-order valence-electron chi connectivity index (χ2n) is 6.00. The third kappa shape index (κ3) is 4.37. The zero-order valence-electron chi connectivity index (χ0n) is 15.1. The van der Waals surface area contributed by atoms with Crippen molar-refractivity contribution in [3.05, 3.63) is 47.5 Å². The number of amides is 1. The van der Waals surface area contributed by atoms with Crippen LogP contribution in [0.2, 0.25) is 0 Å². The van der Waals surface area contributed by atoms with Gasteiger partial charge in [-0.2, -0.15) is 5.26 Å². The van der Waals surface area contributed by atoms with E-state index in [1.165, 1.54) is 0 Å². The smallest absolute Gasteiger partial charge is 0.262 e. The van der Waals surface area contributed by atoms with E-state index in [1.54, 1.807) is 14.0 Å². The maximum atomic E-state index is 12.2. The molecule has 1 amide bonds. The van der Waals surface area contributed by atoms with Crippen molar-refractivity contribution in [2.45, 2.75) is 6.92 Å². The van der Waals surface area contributed by atoms with Crippen LogP contribution in [0.5, 0.6) is 0 Å². The predicted octanol–water partition coefficient (Wildman–Crippen LogP) is 2.97. The molecule has 0 radical (unpaired) electrons. The molecule has 5 nitrogen and oxygen atoms in total. The molecular weight excluding hydrogens is 314 g/mol. The van der Waals surface area contributed by atoms with E-state index in [1.807, 2.05) is 50.5 Å². The van der Waals surface area contributed by atoms with Gasteiger partial charge in [-0.05, 0) is 47.0 Å². The highest BCUT2D eigenvalue weighted by molar-refractivity contribution is 6.05. The molecule has 0 atom stereocenters. The zero-order valence-corrected chi connectivity index (χ0v) is 15.1. The molecule has 0 saturated carbocycles. The van der Waals surface area contributed by atoms with Gasteiger partial charge in [0.2, 0.25) is 0 Å². The summed E-state index contributed by atoms with van der Waals surface area (Å²) in [5.41, 5.74) is 2.78. The lowest BCUT2D eigenvalue weighted by molar-refractivity contribution is -0.117. The topological polar surface area (TPSA) is 65.4 Å². The Balaban J connectivity index is 2.36. The number of nitrogens with one attached hydrogen (secondary N) is 1. The fourth-order valence-electron chi connectivity index (χ4n) is 2.55. The Morgan fingerprint density at radius 2 is 1.88 bits per heavy atom. The maximum absolute atomic E-state index is 12.2. The summed E-state index contributed by atoms with van der Waals surface area (Å²) in [7, 11) is 5.57. The molecule has 0 saturated heterocycles. The van der Waals surface area contributed by atoms with Crippen molar-refractivity contribution in [3.8, 4) is 6.07 Å². The standard InChI is InChI=1S/C20H23N3O2/c1-14(19(13-21)20(24)22-9-10-25-4)15-5-6-17-12-18(23(2)3)8-7-16(17)11-15/h5-8,11-12H,9-10H2,1-4H3,(H,22,24)/b19-14+. The Morgan fingerprint density at radius 3 is 2.52 bits per heavy atom. The zero-order chi connectivity index (χ0) is 18.4. The van der Waals surface area contributed by atoms with Gasteiger partial charge in [0.1, 0.15) is 11.6 Å². The van der Waals surface area contributed by atoms with Gasteiger partial charge in [0, 0.05) is 33.4 Å². The van der Waals surface area contributed by atoms with Crippen LogP contribution < -0.4 is 10.2 Å². The quantitative estimate of drug-likeness (QED) is 0.500. The van der Waals surface area contributed by atoms with E-state index in [2.05, 4.69) is 16.3 Å². The van der Waals surface area contributed by atoms with Crippen LogP contribution in [0, 0.1) is 11.3 Å². The molecule has 0 spiro atoms. The van der Waals surface area contributed by atoms with Crippen molar-refractivity contribution < 1.29 is 9.53 Å². The number of fused-ring (bicyclic) bond motifs is 1. The fraction of sp³-hybridized carbons (Fsp3) is 0.300. The first-order chi connectivity index (χ1) is 12.0. The average molecular weight is 337 g/mol. The third-order valence-corrected chi connectivity index (χ3v) is 4.08. The predicted molar refractivity (Wildman–Crippen MR) is 101 cm³/mol. The molecule has 2 aromatic rings. The molecule has 0 aliphatic carbocycles. The first-order valence-corrected chi connectivity index (χ1v) is 8.07. The van der Waals surface area contributed by atoms with E-state index in [0.29, 0.717) is 18.7 Å². The van der Waals surface area contributed by atoms with E-state index in [9.17, 15) is 10.1 Å². The molecule has 130 valence electrons. The number of nitriles is 1. The Hall–Kier alpha value is -2.84. The summed E-state index contributed by atoms with van der Waals surface area (Å²) in [5, 5.41) is 14.3. The Kier molecular flexibility index (Phi) is 6.15. The van der Waals surface area contributed by atoms with Crippen LogP contribution in [0.25, 0.3) is 16.3 Å². The average Bonchev–Trinajstić information content (AvgIpc) is 2.61. The number of nitrogens with zero attached hydrogens (tertiary/aromatic N) is 2. The van der Waals surface area contributed by atoms with Crippen LogP contribution in [-0.2, 0) is 9.53 Å². The number of hydrogen-bond donors (Lipinski definition) is 1. The van der Waals surface area contributed by atoms with Crippen molar-refractivity contribution in [2.24, 2.45) is 0 Å². The molecule has 0 aliphatic rings. The van der Waals surface area contributed by atoms with Gasteiger partial charge in [0.25, 0.3) is 5.91 Å². The van der Waals surface area contributed by atoms with Crippen LogP contribution in [0.4, 0.5) is 5.69 Å². The van der Waals surface area contributed by atoms with E-state index < -0.39 is 0 Å². The third-order valence-electron chi connectivity index (χ3n) is 4.08. The van der Waals surface area contributed by atoms with E-state index in [0.717, 1.165) is 22.0 Å². The van der Waals surface area contributed by atoms with Crippen molar-refractivity contribution in [2.75, 3.05) is 39.3 Å².